The Kier molecular flexibility index (Phi) is 6.69. The number of halogens is 2. The van der Waals surface area contributed by atoms with E-state index < -0.39 is 0 Å². The molecule has 0 bridgehead atoms. The minimum atomic E-state index is -0.313. The molecule has 6 heteroatoms. The van der Waals surface area contributed by atoms with Gasteiger partial charge >= 0.3 is 0 Å². The Bertz CT molecular complexity index is 890. The third kappa shape index (κ3) is 5.35. The molecule has 0 aliphatic heterocycles. The number of benzene rings is 3. The molecule has 0 radical (unpaired) electrons. The predicted octanol–water partition coefficient (Wildman–Crippen LogP) is 4.85. The van der Waals surface area contributed by atoms with Gasteiger partial charge in [-0.3, -0.25) is 9.59 Å². The van der Waals surface area contributed by atoms with Gasteiger partial charge in [0, 0.05) is 23.1 Å². The fourth-order valence-corrected chi connectivity index (χ4v) is 2.89. The van der Waals surface area contributed by atoms with Crippen LogP contribution in [0.2, 0.25) is 10.0 Å². The topological polar surface area (TPSA) is 58.2 Å². The first-order valence-electron chi connectivity index (χ1n) is 8.67. The highest BCUT2D eigenvalue weighted by Gasteiger charge is 2.16. The molecule has 4 nitrogen and oxygen atoms in total. The van der Waals surface area contributed by atoms with Crippen LogP contribution in [0.3, 0.4) is 0 Å². The van der Waals surface area contributed by atoms with Crippen LogP contribution >= 0.6 is 23.2 Å². The van der Waals surface area contributed by atoms with Gasteiger partial charge in [0.1, 0.15) is 0 Å². The molecule has 0 fully saturated rings. The minimum Gasteiger partial charge on any atom is -0.348 e. The molecule has 28 heavy (non-hydrogen) atoms. The van der Waals surface area contributed by atoms with Crippen LogP contribution in [0, 0.1) is 0 Å². The van der Waals surface area contributed by atoms with Gasteiger partial charge in [-0.25, -0.2) is 0 Å². The molecular weight excluding hydrogens is 395 g/mol. The molecule has 2 amide bonds. The number of amides is 2. The second kappa shape index (κ2) is 9.40. The van der Waals surface area contributed by atoms with E-state index in [9.17, 15) is 9.59 Å². The summed E-state index contributed by atoms with van der Waals surface area (Å²) in [6.45, 7) is 0.688. The first-order valence-corrected chi connectivity index (χ1v) is 9.43. The summed E-state index contributed by atoms with van der Waals surface area (Å²) in [7, 11) is 0. The van der Waals surface area contributed by atoms with Gasteiger partial charge in [0.05, 0.1) is 11.1 Å². The first kappa shape index (κ1) is 19.9. The monoisotopic (exact) mass is 412 g/mol. The van der Waals surface area contributed by atoms with E-state index in [4.69, 9.17) is 23.2 Å². The maximum Gasteiger partial charge on any atom is 0.252 e. The average molecular weight is 413 g/mol. The quantitative estimate of drug-likeness (QED) is 0.607. The van der Waals surface area contributed by atoms with Crippen LogP contribution < -0.4 is 10.6 Å². The van der Waals surface area contributed by atoms with E-state index in [0.717, 1.165) is 11.1 Å². The molecular formula is C22H18Cl2N2O2. The van der Waals surface area contributed by atoms with Crippen molar-refractivity contribution >= 4 is 35.0 Å². The lowest BCUT2D eigenvalue weighted by molar-refractivity contribution is 0.0916. The smallest absolute Gasteiger partial charge is 0.252 e. The van der Waals surface area contributed by atoms with Crippen LogP contribution in [0.25, 0.3) is 0 Å². The van der Waals surface area contributed by atoms with Gasteiger partial charge < -0.3 is 10.6 Å². The fraction of sp³-hybridized carbons (Fsp3) is 0.0909. The van der Waals surface area contributed by atoms with E-state index in [-0.39, 0.29) is 11.8 Å². The summed E-state index contributed by atoms with van der Waals surface area (Å²) in [5, 5.41) is 6.94. The standard InChI is InChI=1S/C22H18Cl2N2O2/c23-17-9-5-15(6-10-17)13-25-21(27)19-3-1-2-4-20(19)22(28)26-14-16-7-11-18(24)12-8-16/h1-12H,13-14H2,(H,25,27)(H,26,28). The fourth-order valence-electron chi connectivity index (χ4n) is 2.64. The van der Waals surface area contributed by atoms with Crippen LogP contribution in [-0.4, -0.2) is 11.8 Å². The Morgan fingerprint density at radius 1 is 0.607 bits per heavy atom. The molecule has 3 rings (SSSR count). The van der Waals surface area contributed by atoms with E-state index in [0.29, 0.717) is 34.3 Å². The molecule has 0 aromatic heterocycles. The van der Waals surface area contributed by atoms with Crippen molar-refractivity contribution in [3.63, 3.8) is 0 Å². The highest BCUT2D eigenvalue weighted by Crippen LogP contribution is 2.13. The number of hydrogen-bond acceptors (Lipinski definition) is 2. The maximum absolute atomic E-state index is 12.6. The lowest BCUT2D eigenvalue weighted by atomic mass is 10.1. The highest BCUT2D eigenvalue weighted by atomic mass is 35.5. The van der Waals surface area contributed by atoms with Gasteiger partial charge in [0.2, 0.25) is 0 Å². The second-order valence-corrected chi connectivity index (χ2v) is 7.04. The molecule has 3 aromatic rings. The van der Waals surface area contributed by atoms with Gasteiger partial charge in [-0.15, -0.1) is 0 Å². The van der Waals surface area contributed by atoms with Crippen molar-refractivity contribution in [2.24, 2.45) is 0 Å². The van der Waals surface area contributed by atoms with Crippen LogP contribution in [0.15, 0.2) is 72.8 Å². The molecule has 0 saturated carbocycles. The van der Waals surface area contributed by atoms with Crippen LogP contribution in [0.1, 0.15) is 31.8 Å². The summed E-state index contributed by atoms with van der Waals surface area (Å²) < 4.78 is 0. The van der Waals surface area contributed by atoms with Gasteiger partial charge in [0.15, 0.2) is 0 Å². The summed E-state index contributed by atoms with van der Waals surface area (Å²) in [4.78, 5) is 25.2. The maximum atomic E-state index is 12.6. The van der Waals surface area contributed by atoms with Crippen LogP contribution in [0.4, 0.5) is 0 Å². The Balaban J connectivity index is 1.65. The third-order valence-electron chi connectivity index (χ3n) is 4.15. The van der Waals surface area contributed by atoms with E-state index in [1.807, 2.05) is 24.3 Å². The molecule has 3 aromatic carbocycles. The Hall–Kier alpha value is -2.82. The van der Waals surface area contributed by atoms with E-state index >= 15 is 0 Å². The van der Waals surface area contributed by atoms with Gasteiger partial charge in [0.25, 0.3) is 11.8 Å². The lowest BCUT2D eigenvalue weighted by Crippen LogP contribution is -2.29. The summed E-state index contributed by atoms with van der Waals surface area (Å²) in [6.07, 6.45) is 0. The van der Waals surface area contributed by atoms with Gasteiger partial charge in [-0.1, -0.05) is 59.6 Å². The number of hydrogen-bond donors (Lipinski definition) is 2. The number of carbonyl (C=O) groups is 2. The Labute approximate surface area is 173 Å². The van der Waals surface area contributed by atoms with Crippen molar-refractivity contribution in [3.8, 4) is 0 Å². The average Bonchev–Trinajstić information content (AvgIpc) is 2.72. The van der Waals surface area contributed by atoms with E-state index in [1.165, 1.54) is 0 Å². The molecule has 0 saturated heterocycles. The lowest BCUT2D eigenvalue weighted by Gasteiger charge is -2.11. The zero-order chi connectivity index (χ0) is 19.9. The second-order valence-electron chi connectivity index (χ2n) is 6.16. The molecule has 0 heterocycles. The van der Waals surface area contributed by atoms with Crippen molar-refractivity contribution < 1.29 is 9.59 Å². The van der Waals surface area contributed by atoms with Crippen molar-refractivity contribution in [3.05, 3.63) is 105 Å². The SMILES string of the molecule is O=C(NCc1ccc(Cl)cc1)c1ccccc1C(=O)NCc1ccc(Cl)cc1. The molecule has 0 spiro atoms. The predicted molar refractivity (Wildman–Crippen MR) is 112 cm³/mol. The van der Waals surface area contributed by atoms with Gasteiger partial charge in [-0.2, -0.15) is 0 Å². The summed E-state index contributed by atoms with van der Waals surface area (Å²) in [5.41, 5.74) is 2.49. The van der Waals surface area contributed by atoms with Crippen molar-refractivity contribution in [2.75, 3.05) is 0 Å². The van der Waals surface area contributed by atoms with Crippen LogP contribution in [0.5, 0.6) is 0 Å². The summed E-state index contributed by atoms with van der Waals surface area (Å²) in [6, 6.07) is 21.1. The molecule has 142 valence electrons. The number of nitrogens with one attached hydrogen (secondary N) is 2. The molecule has 0 atom stereocenters. The van der Waals surface area contributed by atoms with Crippen molar-refractivity contribution in [1.82, 2.24) is 10.6 Å². The zero-order valence-corrected chi connectivity index (χ0v) is 16.4. The zero-order valence-electron chi connectivity index (χ0n) is 14.9. The number of rotatable bonds is 6. The largest absolute Gasteiger partial charge is 0.348 e. The Morgan fingerprint density at radius 2 is 0.964 bits per heavy atom. The summed E-state index contributed by atoms with van der Waals surface area (Å²) >= 11 is 11.7. The van der Waals surface area contributed by atoms with Crippen LogP contribution in [-0.2, 0) is 13.1 Å². The molecule has 2 N–H and O–H groups in total. The summed E-state index contributed by atoms with van der Waals surface area (Å²) in [5.74, 6) is -0.626. The van der Waals surface area contributed by atoms with Gasteiger partial charge in [-0.05, 0) is 47.5 Å². The molecule has 0 aliphatic carbocycles. The van der Waals surface area contributed by atoms with E-state index in [1.54, 1.807) is 48.5 Å². The highest BCUT2D eigenvalue weighted by molar-refractivity contribution is 6.30. The number of carbonyl (C=O) groups excluding carboxylic acids is 2. The normalized spacial score (nSPS) is 10.4. The third-order valence-corrected chi connectivity index (χ3v) is 4.65. The Morgan fingerprint density at radius 3 is 1.32 bits per heavy atom. The first-order chi connectivity index (χ1) is 13.5. The molecule has 0 unspecified atom stereocenters. The van der Waals surface area contributed by atoms with Crippen molar-refractivity contribution in [2.45, 2.75) is 13.1 Å². The van der Waals surface area contributed by atoms with Crippen molar-refractivity contribution in [1.29, 1.82) is 0 Å². The van der Waals surface area contributed by atoms with E-state index in [2.05, 4.69) is 10.6 Å². The minimum absolute atomic E-state index is 0.313. The molecule has 0 aliphatic rings.